The zero-order valence-corrected chi connectivity index (χ0v) is 15.5. The lowest BCUT2D eigenvalue weighted by molar-refractivity contribution is -0.132. The third kappa shape index (κ3) is 3.08. The van der Waals surface area contributed by atoms with E-state index in [0.717, 1.165) is 0 Å². The fraction of sp³-hybridized carbons (Fsp3) is 0.0435. The molecule has 0 radical (unpaired) electrons. The first kappa shape index (κ1) is 18.0. The van der Waals surface area contributed by atoms with Crippen LogP contribution in [-0.2, 0) is 9.59 Å². The van der Waals surface area contributed by atoms with E-state index in [2.05, 4.69) is 0 Å². The maximum absolute atomic E-state index is 12.9. The quantitative estimate of drug-likeness (QED) is 0.391. The van der Waals surface area contributed by atoms with E-state index in [4.69, 9.17) is 11.6 Å². The van der Waals surface area contributed by atoms with E-state index in [1.807, 2.05) is 12.1 Å². The molecule has 4 nitrogen and oxygen atoms in total. The lowest BCUT2D eigenvalue weighted by atomic mass is 9.95. The van der Waals surface area contributed by atoms with Gasteiger partial charge in [-0.1, -0.05) is 72.3 Å². The van der Waals surface area contributed by atoms with E-state index >= 15 is 0 Å². The minimum Gasteiger partial charge on any atom is -0.507 e. The van der Waals surface area contributed by atoms with Crippen molar-refractivity contribution in [2.45, 2.75) is 6.04 Å². The number of hydrogen-bond donors (Lipinski definition) is 1. The van der Waals surface area contributed by atoms with Crippen LogP contribution in [0.15, 0.2) is 90.5 Å². The Balaban J connectivity index is 1.95. The molecule has 0 aromatic heterocycles. The highest BCUT2D eigenvalue weighted by Crippen LogP contribution is 2.42. The second-order valence-corrected chi connectivity index (χ2v) is 6.86. The van der Waals surface area contributed by atoms with Crippen LogP contribution in [-0.4, -0.2) is 16.8 Å². The number of amides is 1. The van der Waals surface area contributed by atoms with Gasteiger partial charge in [0.25, 0.3) is 11.7 Å². The number of nitrogens with zero attached hydrogens (tertiary/aromatic N) is 1. The van der Waals surface area contributed by atoms with Crippen LogP contribution >= 0.6 is 11.6 Å². The smallest absolute Gasteiger partial charge is 0.300 e. The average molecular weight is 390 g/mol. The Morgan fingerprint density at radius 3 is 2.00 bits per heavy atom. The number of anilines is 1. The van der Waals surface area contributed by atoms with E-state index in [9.17, 15) is 14.7 Å². The molecule has 3 aromatic rings. The number of carbonyl (C=O) groups is 2. The van der Waals surface area contributed by atoms with Gasteiger partial charge in [-0.25, -0.2) is 0 Å². The first-order chi connectivity index (χ1) is 13.6. The summed E-state index contributed by atoms with van der Waals surface area (Å²) in [6, 6.07) is 23.9. The Bertz CT molecular complexity index is 1060. The van der Waals surface area contributed by atoms with Crippen LogP contribution in [0.2, 0.25) is 5.02 Å². The van der Waals surface area contributed by atoms with Crippen molar-refractivity contribution >= 4 is 34.7 Å². The SMILES string of the molecule is O=C1C(=O)N(c2ccccc2)C(c2ccc(Cl)cc2)/C1=C(/O)c1ccccc1. The van der Waals surface area contributed by atoms with Gasteiger partial charge in [0.15, 0.2) is 0 Å². The predicted octanol–water partition coefficient (Wildman–Crippen LogP) is 4.97. The Morgan fingerprint density at radius 2 is 1.39 bits per heavy atom. The van der Waals surface area contributed by atoms with Crippen molar-refractivity contribution in [2.24, 2.45) is 0 Å². The van der Waals surface area contributed by atoms with Crippen molar-refractivity contribution in [1.82, 2.24) is 0 Å². The van der Waals surface area contributed by atoms with Crippen molar-refractivity contribution in [3.05, 3.63) is 107 Å². The number of rotatable bonds is 3. The summed E-state index contributed by atoms with van der Waals surface area (Å²) in [5.41, 5.74) is 1.80. The Kier molecular flexibility index (Phi) is 4.72. The van der Waals surface area contributed by atoms with Crippen molar-refractivity contribution < 1.29 is 14.7 Å². The van der Waals surface area contributed by atoms with Crippen LogP contribution in [0.25, 0.3) is 5.76 Å². The summed E-state index contributed by atoms with van der Waals surface area (Å²) in [5.74, 6) is -1.59. The Morgan fingerprint density at radius 1 is 0.821 bits per heavy atom. The number of Topliss-reactive ketones (excluding diaryl/α,β-unsaturated/α-hetero) is 1. The largest absolute Gasteiger partial charge is 0.507 e. The summed E-state index contributed by atoms with van der Waals surface area (Å²) in [7, 11) is 0. The summed E-state index contributed by atoms with van der Waals surface area (Å²) in [6.45, 7) is 0. The molecule has 1 atom stereocenters. The van der Waals surface area contributed by atoms with Gasteiger partial charge in [0.05, 0.1) is 11.6 Å². The highest BCUT2D eigenvalue weighted by Gasteiger charge is 2.46. The van der Waals surface area contributed by atoms with Gasteiger partial charge in [-0.2, -0.15) is 0 Å². The molecule has 1 heterocycles. The lowest BCUT2D eigenvalue weighted by Gasteiger charge is -2.25. The number of aliphatic hydroxyl groups is 1. The predicted molar refractivity (Wildman–Crippen MR) is 109 cm³/mol. The molecule has 1 N–H and O–H groups in total. The number of hydrogen-bond acceptors (Lipinski definition) is 3. The maximum atomic E-state index is 12.9. The molecule has 0 saturated carbocycles. The number of aliphatic hydroxyl groups excluding tert-OH is 1. The Labute approximate surface area is 167 Å². The van der Waals surface area contributed by atoms with E-state index in [1.165, 1.54) is 4.90 Å². The molecule has 1 saturated heterocycles. The number of para-hydroxylation sites is 1. The van der Waals surface area contributed by atoms with Crippen LogP contribution in [0, 0.1) is 0 Å². The molecule has 1 aliphatic heterocycles. The number of benzene rings is 3. The monoisotopic (exact) mass is 389 g/mol. The van der Waals surface area contributed by atoms with Gasteiger partial charge in [-0.3, -0.25) is 14.5 Å². The van der Waals surface area contributed by atoms with Gasteiger partial charge in [0.1, 0.15) is 5.76 Å². The summed E-state index contributed by atoms with van der Waals surface area (Å²) in [4.78, 5) is 27.2. The zero-order chi connectivity index (χ0) is 19.7. The molecule has 4 rings (SSSR count). The van der Waals surface area contributed by atoms with E-state index < -0.39 is 17.7 Å². The molecule has 0 aliphatic carbocycles. The van der Waals surface area contributed by atoms with Crippen LogP contribution in [0.1, 0.15) is 17.2 Å². The van der Waals surface area contributed by atoms with Crippen molar-refractivity contribution in [2.75, 3.05) is 4.90 Å². The Hall–Kier alpha value is -3.37. The third-order valence-corrected chi connectivity index (χ3v) is 4.96. The fourth-order valence-corrected chi connectivity index (χ4v) is 3.53. The molecule has 138 valence electrons. The fourth-order valence-electron chi connectivity index (χ4n) is 3.40. The standard InChI is InChI=1S/C23H16ClNO3/c24-17-13-11-15(12-14-17)20-19(21(26)16-7-3-1-4-8-16)22(27)23(28)25(20)18-9-5-2-6-10-18/h1-14,20,26H/b21-19-. The van der Waals surface area contributed by atoms with Gasteiger partial charge in [-0.05, 0) is 29.8 Å². The summed E-state index contributed by atoms with van der Waals surface area (Å²) >= 11 is 6.02. The first-order valence-electron chi connectivity index (χ1n) is 8.75. The topological polar surface area (TPSA) is 57.6 Å². The first-order valence-corrected chi connectivity index (χ1v) is 9.12. The second kappa shape index (κ2) is 7.33. The van der Waals surface area contributed by atoms with Crippen LogP contribution in [0.5, 0.6) is 0 Å². The van der Waals surface area contributed by atoms with E-state index in [1.54, 1.807) is 72.8 Å². The minimum absolute atomic E-state index is 0.0578. The molecule has 0 bridgehead atoms. The molecule has 1 fully saturated rings. The van der Waals surface area contributed by atoms with Crippen molar-refractivity contribution in [1.29, 1.82) is 0 Å². The van der Waals surface area contributed by atoms with Gasteiger partial charge >= 0.3 is 0 Å². The van der Waals surface area contributed by atoms with E-state index in [-0.39, 0.29) is 11.3 Å². The number of ketones is 1. The van der Waals surface area contributed by atoms with Crippen LogP contribution in [0.4, 0.5) is 5.69 Å². The molecule has 28 heavy (non-hydrogen) atoms. The highest BCUT2D eigenvalue weighted by molar-refractivity contribution is 6.51. The third-order valence-electron chi connectivity index (χ3n) is 4.71. The molecule has 3 aromatic carbocycles. The zero-order valence-electron chi connectivity index (χ0n) is 14.7. The molecular weight excluding hydrogens is 374 g/mol. The molecule has 1 amide bonds. The summed E-state index contributed by atoms with van der Waals surface area (Å²) < 4.78 is 0. The van der Waals surface area contributed by atoms with Gasteiger partial charge in [0.2, 0.25) is 0 Å². The number of carbonyl (C=O) groups excluding carboxylic acids is 2. The normalized spacial score (nSPS) is 18.5. The summed E-state index contributed by atoms with van der Waals surface area (Å²) in [6.07, 6.45) is 0. The van der Waals surface area contributed by atoms with Crippen LogP contribution in [0.3, 0.4) is 0 Å². The maximum Gasteiger partial charge on any atom is 0.300 e. The van der Waals surface area contributed by atoms with Gasteiger partial charge < -0.3 is 5.11 Å². The molecule has 0 spiro atoms. The van der Waals surface area contributed by atoms with Crippen molar-refractivity contribution in [3.8, 4) is 0 Å². The van der Waals surface area contributed by atoms with Crippen molar-refractivity contribution in [3.63, 3.8) is 0 Å². The van der Waals surface area contributed by atoms with Crippen LogP contribution < -0.4 is 4.90 Å². The van der Waals surface area contributed by atoms with Gasteiger partial charge in [-0.15, -0.1) is 0 Å². The molecule has 5 heteroatoms. The van der Waals surface area contributed by atoms with E-state index in [0.29, 0.717) is 21.8 Å². The van der Waals surface area contributed by atoms with Gasteiger partial charge in [0, 0.05) is 16.3 Å². The lowest BCUT2D eigenvalue weighted by Crippen LogP contribution is -2.29. The molecular formula is C23H16ClNO3. The molecule has 1 unspecified atom stereocenters. The minimum atomic E-state index is -0.750. The highest BCUT2D eigenvalue weighted by atomic mass is 35.5. The number of halogens is 1. The summed E-state index contributed by atoms with van der Waals surface area (Å²) in [5, 5.41) is 11.5. The molecule has 1 aliphatic rings. The second-order valence-electron chi connectivity index (χ2n) is 6.42. The average Bonchev–Trinajstić information content (AvgIpc) is 3.00.